The number of carbonyl (C=O) groups is 1. The van der Waals surface area contributed by atoms with Crippen molar-refractivity contribution in [1.82, 2.24) is 5.32 Å². The molecule has 1 rings (SSSR count). The summed E-state index contributed by atoms with van der Waals surface area (Å²) in [6.45, 7) is 8.28. The van der Waals surface area contributed by atoms with Crippen LogP contribution in [0, 0.1) is 5.92 Å². The molecule has 2 atom stereocenters. The molecule has 0 aliphatic carbocycles. The van der Waals surface area contributed by atoms with Crippen molar-refractivity contribution in [2.45, 2.75) is 52.6 Å². The fourth-order valence-electron chi connectivity index (χ4n) is 2.21. The molecule has 3 nitrogen and oxygen atoms in total. The average molecular weight is 262 g/mol. The van der Waals surface area contributed by atoms with Crippen LogP contribution in [0.25, 0.3) is 0 Å². The predicted octanol–water partition coefficient (Wildman–Crippen LogP) is 2.80. The van der Waals surface area contributed by atoms with E-state index in [2.05, 4.69) is 50.4 Å². The topological polar surface area (TPSA) is 55.1 Å². The van der Waals surface area contributed by atoms with Gasteiger partial charge in [-0.15, -0.1) is 0 Å². The van der Waals surface area contributed by atoms with Gasteiger partial charge in [-0.1, -0.05) is 51.5 Å². The van der Waals surface area contributed by atoms with Crippen LogP contribution in [-0.2, 0) is 11.2 Å². The van der Waals surface area contributed by atoms with Crippen LogP contribution in [0.15, 0.2) is 24.3 Å². The summed E-state index contributed by atoms with van der Waals surface area (Å²) < 4.78 is 0. The summed E-state index contributed by atoms with van der Waals surface area (Å²) in [4.78, 5) is 11.2. The molecular formula is C16H26N2O. The zero-order valence-corrected chi connectivity index (χ0v) is 12.4. The smallest absolute Gasteiger partial charge is 0.234 e. The SMILES string of the molecule is CCCc1ccc([C@@H](N[C@H](C)C(N)=O)C(C)C)cc1. The van der Waals surface area contributed by atoms with Gasteiger partial charge in [0.05, 0.1) is 6.04 Å². The van der Waals surface area contributed by atoms with Crippen LogP contribution in [0.1, 0.15) is 51.3 Å². The molecule has 106 valence electrons. The Hall–Kier alpha value is -1.35. The number of hydrogen-bond acceptors (Lipinski definition) is 2. The summed E-state index contributed by atoms with van der Waals surface area (Å²) in [6, 6.07) is 8.48. The number of aryl methyl sites for hydroxylation is 1. The molecule has 0 saturated carbocycles. The number of nitrogens with two attached hydrogens (primary N) is 1. The summed E-state index contributed by atoms with van der Waals surface area (Å²) in [5.74, 6) is 0.0899. The van der Waals surface area contributed by atoms with Gasteiger partial charge in [0.25, 0.3) is 0 Å². The van der Waals surface area contributed by atoms with Gasteiger partial charge in [0, 0.05) is 6.04 Å². The molecule has 3 N–H and O–H groups in total. The molecule has 0 spiro atoms. The molecule has 0 fully saturated rings. The van der Waals surface area contributed by atoms with E-state index in [0.717, 1.165) is 12.8 Å². The molecule has 0 aliphatic heterocycles. The average Bonchev–Trinajstić information content (AvgIpc) is 2.36. The number of amides is 1. The van der Waals surface area contributed by atoms with Crippen molar-refractivity contribution in [3.05, 3.63) is 35.4 Å². The van der Waals surface area contributed by atoms with Crippen LogP contribution in [-0.4, -0.2) is 11.9 Å². The molecule has 19 heavy (non-hydrogen) atoms. The molecule has 0 aromatic heterocycles. The fourth-order valence-corrected chi connectivity index (χ4v) is 2.21. The Morgan fingerprint density at radius 1 is 1.21 bits per heavy atom. The van der Waals surface area contributed by atoms with E-state index >= 15 is 0 Å². The second kappa shape index (κ2) is 7.29. The van der Waals surface area contributed by atoms with Crippen molar-refractivity contribution in [1.29, 1.82) is 0 Å². The Kier molecular flexibility index (Phi) is 6.03. The third kappa shape index (κ3) is 4.67. The Morgan fingerprint density at radius 3 is 2.21 bits per heavy atom. The lowest BCUT2D eigenvalue weighted by molar-refractivity contribution is -0.119. The van der Waals surface area contributed by atoms with E-state index in [4.69, 9.17) is 5.73 Å². The lowest BCUT2D eigenvalue weighted by Gasteiger charge is -2.25. The maximum absolute atomic E-state index is 11.2. The van der Waals surface area contributed by atoms with Gasteiger partial charge in [-0.2, -0.15) is 0 Å². The first-order chi connectivity index (χ1) is 8.95. The molecule has 0 bridgehead atoms. The lowest BCUT2D eigenvalue weighted by Crippen LogP contribution is -2.42. The highest BCUT2D eigenvalue weighted by Gasteiger charge is 2.20. The molecule has 0 unspecified atom stereocenters. The van der Waals surface area contributed by atoms with E-state index in [1.165, 1.54) is 11.1 Å². The second-order valence-electron chi connectivity index (χ2n) is 5.50. The van der Waals surface area contributed by atoms with Crippen molar-refractivity contribution in [2.24, 2.45) is 11.7 Å². The van der Waals surface area contributed by atoms with Crippen LogP contribution in [0.4, 0.5) is 0 Å². The first-order valence-electron chi connectivity index (χ1n) is 7.09. The molecule has 0 heterocycles. The zero-order valence-electron chi connectivity index (χ0n) is 12.4. The minimum Gasteiger partial charge on any atom is -0.368 e. The van der Waals surface area contributed by atoms with E-state index in [9.17, 15) is 4.79 Å². The van der Waals surface area contributed by atoms with Gasteiger partial charge in [-0.05, 0) is 30.4 Å². The van der Waals surface area contributed by atoms with Crippen LogP contribution in [0.3, 0.4) is 0 Å². The highest BCUT2D eigenvalue weighted by atomic mass is 16.1. The highest BCUT2D eigenvalue weighted by Crippen LogP contribution is 2.23. The van der Waals surface area contributed by atoms with Crippen LogP contribution < -0.4 is 11.1 Å². The minimum atomic E-state index is -0.317. The lowest BCUT2D eigenvalue weighted by atomic mass is 9.94. The quantitative estimate of drug-likeness (QED) is 0.794. The summed E-state index contributed by atoms with van der Waals surface area (Å²) in [5.41, 5.74) is 7.89. The molecule has 0 saturated heterocycles. The van der Waals surface area contributed by atoms with E-state index in [0.29, 0.717) is 5.92 Å². The maximum atomic E-state index is 11.2. The molecule has 0 aliphatic rings. The van der Waals surface area contributed by atoms with Gasteiger partial charge in [0.2, 0.25) is 5.91 Å². The number of hydrogen-bond donors (Lipinski definition) is 2. The number of benzene rings is 1. The second-order valence-corrected chi connectivity index (χ2v) is 5.50. The van der Waals surface area contributed by atoms with E-state index in [-0.39, 0.29) is 18.0 Å². The number of carbonyl (C=O) groups excluding carboxylic acids is 1. The molecule has 0 radical (unpaired) electrons. The van der Waals surface area contributed by atoms with E-state index < -0.39 is 0 Å². The molecular weight excluding hydrogens is 236 g/mol. The van der Waals surface area contributed by atoms with Gasteiger partial charge in [-0.25, -0.2) is 0 Å². The van der Waals surface area contributed by atoms with Gasteiger partial charge in [0.1, 0.15) is 0 Å². The Labute approximate surface area is 116 Å². The number of rotatable bonds is 7. The van der Waals surface area contributed by atoms with Crippen LogP contribution in [0.5, 0.6) is 0 Å². The maximum Gasteiger partial charge on any atom is 0.234 e. The number of primary amides is 1. The molecule has 1 aromatic rings. The predicted molar refractivity (Wildman–Crippen MR) is 79.8 cm³/mol. The van der Waals surface area contributed by atoms with E-state index in [1.54, 1.807) is 0 Å². The Morgan fingerprint density at radius 2 is 1.79 bits per heavy atom. The third-order valence-electron chi connectivity index (χ3n) is 3.40. The van der Waals surface area contributed by atoms with Gasteiger partial charge < -0.3 is 5.73 Å². The van der Waals surface area contributed by atoms with Crippen molar-refractivity contribution < 1.29 is 4.79 Å². The highest BCUT2D eigenvalue weighted by molar-refractivity contribution is 5.79. The Balaban J connectivity index is 2.84. The van der Waals surface area contributed by atoms with Crippen molar-refractivity contribution in [3.8, 4) is 0 Å². The normalized spacial score (nSPS) is 14.4. The summed E-state index contributed by atoms with van der Waals surface area (Å²) in [7, 11) is 0. The first-order valence-corrected chi connectivity index (χ1v) is 7.09. The third-order valence-corrected chi connectivity index (χ3v) is 3.40. The van der Waals surface area contributed by atoms with Crippen molar-refractivity contribution >= 4 is 5.91 Å². The van der Waals surface area contributed by atoms with Gasteiger partial charge in [-0.3, -0.25) is 10.1 Å². The largest absolute Gasteiger partial charge is 0.368 e. The Bertz CT molecular complexity index is 398. The number of nitrogens with one attached hydrogen (secondary N) is 1. The first kappa shape index (κ1) is 15.7. The van der Waals surface area contributed by atoms with Crippen LogP contribution >= 0.6 is 0 Å². The standard InChI is InChI=1S/C16H26N2O/c1-5-6-13-7-9-14(10-8-13)15(11(2)3)18-12(4)16(17)19/h7-12,15,18H,5-6H2,1-4H3,(H2,17,19)/t12-,15+/m1/s1. The molecule has 1 amide bonds. The fraction of sp³-hybridized carbons (Fsp3) is 0.562. The minimum absolute atomic E-state index is 0.151. The van der Waals surface area contributed by atoms with Crippen molar-refractivity contribution in [2.75, 3.05) is 0 Å². The van der Waals surface area contributed by atoms with E-state index in [1.807, 2.05) is 6.92 Å². The van der Waals surface area contributed by atoms with Crippen molar-refractivity contribution in [3.63, 3.8) is 0 Å². The van der Waals surface area contributed by atoms with Gasteiger partial charge >= 0.3 is 0 Å². The molecule has 3 heteroatoms. The van der Waals surface area contributed by atoms with Gasteiger partial charge in [0.15, 0.2) is 0 Å². The van der Waals surface area contributed by atoms with Crippen LogP contribution in [0.2, 0.25) is 0 Å². The summed E-state index contributed by atoms with van der Waals surface area (Å²) >= 11 is 0. The summed E-state index contributed by atoms with van der Waals surface area (Å²) in [5, 5.41) is 3.31. The monoisotopic (exact) mass is 262 g/mol. The summed E-state index contributed by atoms with van der Waals surface area (Å²) in [6.07, 6.45) is 2.27. The molecule has 1 aromatic carbocycles. The zero-order chi connectivity index (χ0) is 14.4.